The minimum Gasteiger partial charge on any atom is -0.325 e. The maximum atomic E-state index is 12.3. The van der Waals surface area contributed by atoms with Crippen molar-refractivity contribution in [3.05, 3.63) is 0 Å². The van der Waals surface area contributed by atoms with Gasteiger partial charge < -0.3 is 9.80 Å². The largest absolute Gasteiger partial charge is 0.325 e. The number of likely N-dealkylation sites (tertiary alicyclic amines) is 2. The molecule has 2 rings (SSSR count). The summed E-state index contributed by atoms with van der Waals surface area (Å²) in [6.07, 6.45) is 4.82. The number of nitrogens with zero attached hydrogens (tertiary/aromatic N) is 2. The molecule has 0 aromatic rings. The quantitative estimate of drug-likeness (QED) is 0.636. The highest BCUT2D eigenvalue weighted by Crippen LogP contribution is 2.34. The summed E-state index contributed by atoms with van der Waals surface area (Å²) in [6, 6.07) is 0.288. The first-order valence-corrected chi connectivity index (χ1v) is 7.02. The van der Waals surface area contributed by atoms with Crippen molar-refractivity contribution in [1.29, 1.82) is 0 Å². The van der Waals surface area contributed by atoms with Gasteiger partial charge in [-0.1, -0.05) is 20.8 Å². The molecule has 2 amide bonds. The zero-order chi connectivity index (χ0) is 12.5. The van der Waals surface area contributed by atoms with Gasteiger partial charge in [0.1, 0.15) is 0 Å². The third-order valence-electron chi connectivity index (χ3n) is 4.31. The summed E-state index contributed by atoms with van der Waals surface area (Å²) in [5.41, 5.74) is 0.330. The van der Waals surface area contributed by atoms with E-state index in [9.17, 15) is 4.79 Å². The van der Waals surface area contributed by atoms with E-state index in [1.807, 2.05) is 0 Å². The van der Waals surface area contributed by atoms with Gasteiger partial charge in [-0.25, -0.2) is 4.79 Å². The Kier molecular flexibility index (Phi) is 3.64. The number of rotatable bonds is 0. The Morgan fingerprint density at radius 2 is 1.65 bits per heavy atom. The van der Waals surface area contributed by atoms with Gasteiger partial charge in [0.25, 0.3) is 0 Å². The van der Waals surface area contributed by atoms with Crippen LogP contribution in [-0.2, 0) is 0 Å². The second kappa shape index (κ2) is 4.87. The molecule has 1 atom stereocenters. The number of piperidine rings is 1. The van der Waals surface area contributed by atoms with Gasteiger partial charge in [0.05, 0.1) is 0 Å². The Bertz CT molecular complexity index is 276. The third kappa shape index (κ3) is 2.93. The van der Waals surface area contributed by atoms with Crippen LogP contribution in [-0.4, -0.2) is 42.0 Å². The van der Waals surface area contributed by atoms with Gasteiger partial charge in [0.15, 0.2) is 0 Å². The monoisotopic (exact) mass is 238 g/mol. The standard InChI is InChI=1S/C14H26N2O/c1-14(2,3)12-7-10-16(11-12)13(17)15-8-5-4-6-9-15/h12H,4-11H2,1-3H3. The lowest BCUT2D eigenvalue weighted by atomic mass is 9.80. The molecule has 2 aliphatic heterocycles. The smallest absolute Gasteiger partial charge is 0.320 e. The first kappa shape index (κ1) is 12.7. The predicted octanol–water partition coefficient (Wildman–Crippen LogP) is 2.96. The maximum Gasteiger partial charge on any atom is 0.320 e. The molecule has 1 unspecified atom stereocenters. The average molecular weight is 238 g/mol. The third-order valence-corrected chi connectivity index (χ3v) is 4.31. The lowest BCUT2D eigenvalue weighted by Crippen LogP contribution is -2.44. The highest BCUT2D eigenvalue weighted by molar-refractivity contribution is 5.74. The lowest BCUT2D eigenvalue weighted by molar-refractivity contribution is 0.146. The van der Waals surface area contributed by atoms with Crippen molar-refractivity contribution in [2.45, 2.75) is 46.5 Å². The van der Waals surface area contributed by atoms with E-state index >= 15 is 0 Å². The van der Waals surface area contributed by atoms with Crippen LogP contribution in [0.4, 0.5) is 4.79 Å². The van der Waals surface area contributed by atoms with Crippen molar-refractivity contribution in [2.24, 2.45) is 11.3 Å². The van der Waals surface area contributed by atoms with Crippen LogP contribution in [0.5, 0.6) is 0 Å². The average Bonchev–Trinajstić information content (AvgIpc) is 2.78. The molecule has 0 aromatic heterocycles. The van der Waals surface area contributed by atoms with E-state index in [0.29, 0.717) is 11.3 Å². The van der Waals surface area contributed by atoms with E-state index in [1.165, 1.54) is 25.7 Å². The molecule has 2 aliphatic rings. The van der Waals surface area contributed by atoms with Crippen molar-refractivity contribution < 1.29 is 4.79 Å². The van der Waals surface area contributed by atoms with Gasteiger partial charge in [0, 0.05) is 26.2 Å². The van der Waals surface area contributed by atoms with E-state index in [4.69, 9.17) is 0 Å². The number of carbonyl (C=O) groups is 1. The van der Waals surface area contributed by atoms with Crippen molar-refractivity contribution in [3.63, 3.8) is 0 Å². The van der Waals surface area contributed by atoms with Gasteiger partial charge >= 0.3 is 6.03 Å². The molecule has 0 saturated carbocycles. The zero-order valence-electron chi connectivity index (χ0n) is 11.5. The molecule has 0 radical (unpaired) electrons. The van der Waals surface area contributed by atoms with E-state index in [1.54, 1.807) is 0 Å². The molecule has 2 heterocycles. The number of hydrogen-bond donors (Lipinski definition) is 0. The Balaban J connectivity index is 1.89. The fourth-order valence-electron chi connectivity index (χ4n) is 2.93. The topological polar surface area (TPSA) is 23.6 Å². The van der Waals surface area contributed by atoms with Crippen LogP contribution in [0, 0.1) is 11.3 Å². The van der Waals surface area contributed by atoms with Crippen LogP contribution in [0.15, 0.2) is 0 Å². The molecule has 98 valence electrons. The highest BCUT2D eigenvalue weighted by atomic mass is 16.2. The molecule has 0 bridgehead atoms. The Labute approximate surface area is 105 Å². The van der Waals surface area contributed by atoms with Gasteiger partial charge in [-0.05, 0) is 37.0 Å². The molecule has 3 nitrogen and oxygen atoms in total. The summed E-state index contributed by atoms with van der Waals surface area (Å²) in [4.78, 5) is 16.4. The lowest BCUT2D eigenvalue weighted by Gasteiger charge is -2.32. The number of carbonyl (C=O) groups excluding carboxylic acids is 1. The molecule has 17 heavy (non-hydrogen) atoms. The molecular formula is C14H26N2O. The maximum absolute atomic E-state index is 12.3. The minimum absolute atomic E-state index is 0.288. The number of hydrogen-bond acceptors (Lipinski definition) is 1. The zero-order valence-corrected chi connectivity index (χ0v) is 11.5. The van der Waals surface area contributed by atoms with Crippen LogP contribution < -0.4 is 0 Å². The molecule has 0 N–H and O–H groups in total. The van der Waals surface area contributed by atoms with Gasteiger partial charge in [-0.15, -0.1) is 0 Å². The fraction of sp³-hybridized carbons (Fsp3) is 0.929. The SMILES string of the molecule is CC(C)(C)C1CCN(C(=O)N2CCCCC2)C1. The van der Waals surface area contributed by atoms with Gasteiger partial charge in [0.2, 0.25) is 0 Å². The van der Waals surface area contributed by atoms with E-state index in [-0.39, 0.29) is 6.03 Å². The summed E-state index contributed by atoms with van der Waals surface area (Å²) < 4.78 is 0. The number of urea groups is 1. The van der Waals surface area contributed by atoms with Crippen molar-refractivity contribution in [1.82, 2.24) is 9.80 Å². The predicted molar refractivity (Wildman–Crippen MR) is 70.0 cm³/mol. The summed E-state index contributed by atoms with van der Waals surface area (Å²) in [6.45, 7) is 10.7. The van der Waals surface area contributed by atoms with Crippen LogP contribution in [0.25, 0.3) is 0 Å². The molecule has 0 aliphatic carbocycles. The summed E-state index contributed by atoms with van der Waals surface area (Å²) >= 11 is 0. The van der Waals surface area contributed by atoms with Gasteiger partial charge in [-0.3, -0.25) is 0 Å². The van der Waals surface area contributed by atoms with E-state index < -0.39 is 0 Å². The van der Waals surface area contributed by atoms with Crippen LogP contribution >= 0.6 is 0 Å². The molecule has 2 fully saturated rings. The highest BCUT2D eigenvalue weighted by Gasteiger charge is 2.35. The van der Waals surface area contributed by atoms with Crippen molar-refractivity contribution >= 4 is 6.03 Å². The summed E-state index contributed by atoms with van der Waals surface area (Å²) in [7, 11) is 0. The molecule has 0 spiro atoms. The van der Waals surface area contributed by atoms with Crippen molar-refractivity contribution in [2.75, 3.05) is 26.2 Å². The van der Waals surface area contributed by atoms with E-state index in [2.05, 4.69) is 30.6 Å². The van der Waals surface area contributed by atoms with Gasteiger partial charge in [-0.2, -0.15) is 0 Å². The Hall–Kier alpha value is -0.730. The first-order chi connectivity index (χ1) is 7.98. The van der Waals surface area contributed by atoms with Crippen LogP contribution in [0.2, 0.25) is 0 Å². The molecule has 0 aromatic carbocycles. The fourth-order valence-corrected chi connectivity index (χ4v) is 2.93. The van der Waals surface area contributed by atoms with Crippen LogP contribution in [0.3, 0.4) is 0 Å². The summed E-state index contributed by atoms with van der Waals surface area (Å²) in [5, 5.41) is 0. The molecule has 3 heteroatoms. The summed E-state index contributed by atoms with van der Waals surface area (Å²) in [5.74, 6) is 0.663. The Morgan fingerprint density at radius 3 is 2.18 bits per heavy atom. The van der Waals surface area contributed by atoms with E-state index in [0.717, 1.165) is 26.2 Å². The number of amides is 2. The normalized spacial score (nSPS) is 26.4. The second-order valence-corrected chi connectivity index (χ2v) is 6.63. The van der Waals surface area contributed by atoms with Crippen molar-refractivity contribution in [3.8, 4) is 0 Å². The Morgan fingerprint density at radius 1 is 1.00 bits per heavy atom. The van der Waals surface area contributed by atoms with Crippen LogP contribution in [0.1, 0.15) is 46.5 Å². The molecular weight excluding hydrogens is 212 g/mol. The minimum atomic E-state index is 0.288. The molecule has 2 saturated heterocycles. The first-order valence-electron chi connectivity index (χ1n) is 7.02. The second-order valence-electron chi connectivity index (χ2n) is 6.63.